The van der Waals surface area contributed by atoms with E-state index in [2.05, 4.69) is 12.1 Å². The summed E-state index contributed by atoms with van der Waals surface area (Å²) >= 11 is 6.35. The van der Waals surface area contributed by atoms with Gasteiger partial charge in [-0.05, 0) is 50.2 Å². The quantitative estimate of drug-likeness (QED) is 0.349. The van der Waals surface area contributed by atoms with E-state index >= 15 is 0 Å². The summed E-state index contributed by atoms with van der Waals surface area (Å²) in [6.07, 6.45) is 11.5. The number of likely N-dealkylation sites (tertiary alicyclic amines) is 1. The minimum Gasteiger partial charge on any atom is -0.507 e. The second-order valence-corrected chi connectivity index (χ2v) is 9.43. The topological polar surface area (TPSA) is 109 Å². The van der Waals surface area contributed by atoms with Crippen LogP contribution in [0.1, 0.15) is 61.9 Å². The number of cyclic esters (lactones) is 1. The molecule has 1 fully saturated rings. The number of phenols is 2. The van der Waals surface area contributed by atoms with Gasteiger partial charge in [-0.2, -0.15) is 0 Å². The van der Waals surface area contributed by atoms with Gasteiger partial charge in [-0.1, -0.05) is 41.9 Å². The van der Waals surface area contributed by atoms with Crippen LogP contribution in [-0.4, -0.2) is 58.5 Å². The van der Waals surface area contributed by atoms with Crippen LogP contribution in [0.5, 0.6) is 11.5 Å². The van der Waals surface area contributed by atoms with Crippen LogP contribution < -0.4 is 0 Å². The summed E-state index contributed by atoms with van der Waals surface area (Å²) < 4.78 is 5.52. The van der Waals surface area contributed by atoms with Crippen molar-refractivity contribution < 1.29 is 29.4 Å². The Labute approximate surface area is 210 Å². The number of amides is 1. The SMILES string of the molecule is C[C@@H]1C/C=C/[C@H](C)C/C=C/C(=N/OCC(=O)N2CCCCC2)Cc2c(Cl)c(O)cc(O)c2C(=O)O1. The Morgan fingerprint density at radius 3 is 2.66 bits per heavy atom. The van der Waals surface area contributed by atoms with E-state index < -0.39 is 17.8 Å². The molecule has 0 unspecified atom stereocenters. The molecule has 2 aliphatic rings. The lowest BCUT2D eigenvalue weighted by Gasteiger charge is -2.26. The number of phenolic OH excluding ortho intramolecular Hbond substituents is 2. The molecule has 0 radical (unpaired) electrons. The predicted octanol–water partition coefficient (Wildman–Crippen LogP) is 4.77. The molecule has 2 aliphatic heterocycles. The first-order valence-corrected chi connectivity index (χ1v) is 12.4. The fourth-order valence-corrected chi connectivity index (χ4v) is 4.29. The Morgan fingerprint density at radius 1 is 1.17 bits per heavy atom. The zero-order valence-corrected chi connectivity index (χ0v) is 21.0. The second-order valence-electron chi connectivity index (χ2n) is 9.05. The van der Waals surface area contributed by atoms with Gasteiger partial charge in [0.1, 0.15) is 23.2 Å². The molecule has 2 N–H and O–H groups in total. The smallest absolute Gasteiger partial charge is 0.342 e. The van der Waals surface area contributed by atoms with Gasteiger partial charge in [0.2, 0.25) is 0 Å². The molecule has 35 heavy (non-hydrogen) atoms. The van der Waals surface area contributed by atoms with Crippen LogP contribution >= 0.6 is 11.6 Å². The van der Waals surface area contributed by atoms with E-state index in [9.17, 15) is 19.8 Å². The van der Waals surface area contributed by atoms with Crippen molar-refractivity contribution in [3.63, 3.8) is 0 Å². The van der Waals surface area contributed by atoms with Crippen molar-refractivity contribution in [2.45, 2.75) is 58.5 Å². The van der Waals surface area contributed by atoms with E-state index in [0.717, 1.165) is 31.7 Å². The van der Waals surface area contributed by atoms with Crippen molar-refractivity contribution in [1.82, 2.24) is 4.90 Å². The van der Waals surface area contributed by atoms with Crippen molar-refractivity contribution in [1.29, 1.82) is 0 Å². The number of piperidine rings is 1. The molecule has 0 aliphatic carbocycles. The number of fused-ring (bicyclic) bond motifs is 1. The molecule has 1 saturated heterocycles. The van der Waals surface area contributed by atoms with Crippen molar-refractivity contribution in [2.24, 2.45) is 11.1 Å². The van der Waals surface area contributed by atoms with Gasteiger partial charge in [0.25, 0.3) is 5.91 Å². The van der Waals surface area contributed by atoms with Gasteiger partial charge < -0.3 is 24.7 Å². The van der Waals surface area contributed by atoms with Crippen LogP contribution in [0.3, 0.4) is 0 Å². The number of ether oxygens (including phenoxy) is 1. The summed E-state index contributed by atoms with van der Waals surface area (Å²) in [6, 6.07) is 1.01. The fraction of sp³-hybridized carbons (Fsp3) is 0.500. The number of esters is 1. The molecule has 0 aromatic heterocycles. The molecule has 0 bridgehead atoms. The summed E-state index contributed by atoms with van der Waals surface area (Å²) in [5.74, 6) is -1.46. The molecule has 2 heterocycles. The van der Waals surface area contributed by atoms with E-state index in [0.29, 0.717) is 25.2 Å². The van der Waals surface area contributed by atoms with Crippen LogP contribution in [-0.2, 0) is 20.8 Å². The lowest BCUT2D eigenvalue weighted by Crippen LogP contribution is -2.37. The Bertz CT molecular complexity index is 1010. The maximum atomic E-state index is 12.9. The van der Waals surface area contributed by atoms with Gasteiger partial charge in [0.15, 0.2) is 6.61 Å². The fourth-order valence-electron chi connectivity index (χ4n) is 4.08. The number of hydrogen-bond donors (Lipinski definition) is 2. The summed E-state index contributed by atoms with van der Waals surface area (Å²) in [7, 11) is 0. The molecule has 9 heteroatoms. The number of benzene rings is 1. The van der Waals surface area contributed by atoms with E-state index in [1.165, 1.54) is 0 Å². The molecular formula is C26H33ClN2O6. The lowest BCUT2D eigenvalue weighted by atomic mass is 9.98. The first-order chi connectivity index (χ1) is 16.8. The highest BCUT2D eigenvalue weighted by Crippen LogP contribution is 2.37. The van der Waals surface area contributed by atoms with Gasteiger partial charge in [0.05, 0.1) is 10.7 Å². The number of aromatic hydroxyl groups is 2. The lowest BCUT2D eigenvalue weighted by molar-refractivity contribution is -0.137. The first-order valence-electron chi connectivity index (χ1n) is 12.0. The Kier molecular flexibility index (Phi) is 9.60. The first kappa shape index (κ1) is 26.6. The predicted molar refractivity (Wildman–Crippen MR) is 134 cm³/mol. The number of carbonyl (C=O) groups is 2. The number of allylic oxidation sites excluding steroid dienone is 3. The third-order valence-electron chi connectivity index (χ3n) is 6.02. The van der Waals surface area contributed by atoms with Gasteiger partial charge in [-0.25, -0.2) is 4.79 Å². The van der Waals surface area contributed by atoms with Crippen molar-refractivity contribution in [3.05, 3.63) is 46.5 Å². The Balaban J connectivity index is 1.91. The van der Waals surface area contributed by atoms with Gasteiger partial charge >= 0.3 is 5.97 Å². The highest BCUT2D eigenvalue weighted by atomic mass is 35.5. The molecular weight excluding hydrogens is 472 g/mol. The molecule has 8 nitrogen and oxygen atoms in total. The van der Waals surface area contributed by atoms with Crippen molar-refractivity contribution >= 4 is 29.2 Å². The highest BCUT2D eigenvalue weighted by molar-refractivity contribution is 6.33. The van der Waals surface area contributed by atoms with Crippen molar-refractivity contribution in [3.8, 4) is 11.5 Å². The molecule has 0 saturated carbocycles. The van der Waals surface area contributed by atoms with E-state index in [-0.39, 0.29) is 46.8 Å². The van der Waals surface area contributed by atoms with Crippen LogP contribution in [0.15, 0.2) is 35.5 Å². The van der Waals surface area contributed by atoms with Crippen LogP contribution in [0.2, 0.25) is 5.02 Å². The van der Waals surface area contributed by atoms with E-state index in [1.54, 1.807) is 17.9 Å². The number of carbonyl (C=O) groups excluding carboxylic acids is 2. The zero-order chi connectivity index (χ0) is 25.4. The molecule has 1 aromatic carbocycles. The minimum atomic E-state index is -0.755. The van der Waals surface area contributed by atoms with Crippen LogP contribution in [0, 0.1) is 5.92 Å². The summed E-state index contributed by atoms with van der Waals surface area (Å²) in [5, 5.41) is 24.7. The molecule has 0 spiro atoms. The third kappa shape index (κ3) is 7.49. The minimum absolute atomic E-state index is 0.0295. The molecule has 2 atom stereocenters. The molecule has 1 aromatic rings. The Morgan fingerprint density at radius 2 is 1.91 bits per heavy atom. The number of oxime groups is 1. The number of hydrogen-bond acceptors (Lipinski definition) is 7. The zero-order valence-electron chi connectivity index (χ0n) is 20.2. The second kappa shape index (κ2) is 12.6. The normalized spacial score (nSPS) is 24.7. The Hall–Kier alpha value is -3.00. The molecule has 3 rings (SSSR count). The highest BCUT2D eigenvalue weighted by Gasteiger charge is 2.26. The number of rotatable bonds is 3. The van der Waals surface area contributed by atoms with Gasteiger partial charge in [0, 0.05) is 32.0 Å². The summed E-state index contributed by atoms with van der Waals surface area (Å²) in [4.78, 5) is 32.5. The maximum absolute atomic E-state index is 12.9. The largest absolute Gasteiger partial charge is 0.507 e. The summed E-state index contributed by atoms with van der Waals surface area (Å²) in [6.45, 7) is 5.05. The van der Waals surface area contributed by atoms with Crippen molar-refractivity contribution in [2.75, 3.05) is 19.7 Å². The summed E-state index contributed by atoms with van der Waals surface area (Å²) in [5.41, 5.74) is 0.398. The average molecular weight is 505 g/mol. The van der Waals surface area contributed by atoms with Gasteiger partial charge in [-0.3, -0.25) is 4.79 Å². The third-order valence-corrected chi connectivity index (χ3v) is 6.44. The van der Waals surface area contributed by atoms with Gasteiger partial charge in [-0.15, -0.1) is 0 Å². The monoisotopic (exact) mass is 504 g/mol. The maximum Gasteiger partial charge on any atom is 0.342 e. The molecule has 1 amide bonds. The standard InChI is InChI=1S/C26H33ClN2O6/c1-17-8-6-10-18(2)35-26(33)24-20(25(27)22(31)15-21(24)30)14-19(11-7-9-17)28-34-16-23(32)29-12-4-3-5-13-29/h6-8,11,15,17-18,30-31H,3-5,9-10,12-14,16H2,1-2H3/b8-6+,11-7+,28-19-/t17-,18+/m0/s1. The van der Waals surface area contributed by atoms with Crippen LogP contribution in [0.4, 0.5) is 0 Å². The van der Waals surface area contributed by atoms with Crippen LogP contribution in [0.25, 0.3) is 0 Å². The number of nitrogens with zero attached hydrogens (tertiary/aromatic N) is 2. The van der Waals surface area contributed by atoms with E-state index in [4.69, 9.17) is 21.2 Å². The van der Waals surface area contributed by atoms with E-state index in [1.807, 2.05) is 18.2 Å². The average Bonchev–Trinajstić information content (AvgIpc) is 2.82. The number of halogens is 1. The molecule has 190 valence electrons.